The Bertz CT molecular complexity index is 1320. The van der Waals surface area contributed by atoms with Gasteiger partial charge in [0, 0.05) is 35.9 Å². The summed E-state index contributed by atoms with van der Waals surface area (Å²) in [5, 5.41) is 3.49. The monoisotopic (exact) mass is 466 g/mol. The van der Waals surface area contributed by atoms with Gasteiger partial charge in [-0.1, -0.05) is 29.5 Å². The number of nitrogens with one attached hydrogen (secondary N) is 2. The number of aromatic nitrogens is 2. The fraction of sp³-hybridized carbons (Fsp3) is 0.280. The third-order valence-corrected chi connectivity index (χ3v) is 6.65. The molecule has 0 atom stereocenters. The van der Waals surface area contributed by atoms with Crippen LogP contribution in [-0.4, -0.2) is 28.5 Å². The largest absolute Gasteiger partial charge is 0.352 e. The van der Waals surface area contributed by atoms with E-state index in [1.807, 2.05) is 29.8 Å². The van der Waals surface area contributed by atoms with Crippen molar-refractivity contribution in [2.24, 2.45) is 5.41 Å². The van der Waals surface area contributed by atoms with Crippen molar-refractivity contribution in [3.63, 3.8) is 0 Å². The van der Waals surface area contributed by atoms with Gasteiger partial charge in [-0.15, -0.1) is 0 Å². The molecule has 8 heteroatoms. The highest BCUT2D eigenvalue weighted by Crippen LogP contribution is 2.50. The number of hydrogen-bond donors (Lipinski definition) is 2. The molecule has 2 N–H and O–H groups in total. The molecule has 0 unspecified atom stereocenters. The first kappa shape index (κ1) is 21.5. The molecule has 1 saturated carbocycles. The number of hydrogen-bond acceptors (Lipinski definition) is 3. The number of pyridine rings is 1. The molecule has 3 aromatic rings. The van der Waals surface area contributed by atoms with E-state index < -0.39 is 11.8 Å². The highest BCUT2D eigenvalue weighted by molar-refractivity contribution is 6.31. The van der Waals surface area contributed by atoms with Gasteiger partial charge >= 0.3 is 0 Å². The van der Waals surface area contributed by atoms with E-state index >= 15 is 0 Å². The predicted octanol–water partition coefficient (Wildman–Crippen LogP) is 5.07. The van der Waals surface area contributed by atoms with Crippen molar-refractivity contribution in [1.82, 2.24) is 15.0 Å². The summed E-state index contributed by atoms with van der Waals surface area (Å²) >= 11 is 6.32. The van der Waals surface area contributed by atoms with Crippen LogP contribution >= 0.6 is 11.6 Å². The van der Waals surface area contributed by atoms with Crippen LogP contribution in [0.5, 0.6) is 0 Å². The quantitative estimate of drug-likeness (QED) is 0.528. The summed E-state index contributed by atoms with van der Waals surface area (Å²) in [6, 6.07) is 9.16. The summed E-state index contributed by atoms with van der Waals surface area (Å²) in [6.07, 6.45) is 2.15. The summed E-state index contributed by atoms with van der Waals surface area (Å²) < 4.78 is 28.6. The average molecular weight is 467 g/mol. The maximum absolute atomic E-state index is 13.4. The molecule has 5 nitrogen and oxygen atoms in total. The van der Waals surface area contributed by atoms with E-state index in [1.165, 1.54) is 0 Å². The average Bonchev–Trinajstić information content (AvgIpc) is 3.52. The van der Waals surface area contributed by atoms with Crippen molar-refractivity contribution < 1.29 is 13.6 Å². The molecule has 2 aliphatic rings. The Balaban J connectivity index is 1.65. The van der Waals surface area contributed by atoms with Crippen LogP contribution in [0.15, 0.2) is 42.7 Å². The van der Waals surface area contributed by atoms with Gasteiger partial charge in [0.1, 0.15) is 0 Å². The van der Waals surface area contributed by atoms with Crippen molar-refractivity contribution in [2.75, 3.05) is 12.0 Å². The maximum Gasteiger partial charge on any atom is 0.254 e. The van der Waals surface area contributed by atoms with E-state index in [1.54, 1.807) is 24.5 Å². The molecule has 168 valence electrons. The zero-order chi connectivity index (χ0) is 23.2. The second-order valence-electron chi connectivity index (χ2n) is 8.38. The van der Waals surface area contributed by atoms with Gasteiger partial charge in [-0.3, -0.25) is 19.9 Å². The number of benzene rings is 1. The molecular weight excluding hydrogens is 446 g/mol. The standard InChI is InChI=1S/C25H21ClF2N4O/c1-15-19(26)3-2-4-20(15)31-32-21-7-12-30-23(33)18(21)13-22(32)17-6-11-29-14-16(17)5-8-25(9-10-25)24(27)28/h2-4,6,11,13-14,24,31H,7,9-10,12H2,1H3,(H,30,33). The lowest BCUT2D eigenvalue weighted by atomic mass is 10.0. The molecule has 0 bridgehead atoms. The van der Waals surface area contributed by atoms with E-state index in [0.29, 0.717) is 53.2 Å². The van der Waals surface area contributed by atoms with Gasteiger partial charge < -0.3 is 5.32 Å². The highest BCUT2D eigenvalue weighted by atomic mass is 35.5. The summed E-state index contributed by atoms with van der Waals surface area (Å²) in [7, 11) is 0. The number of carbonyl (C=O) groups excluding carboxylic acids is 1. The van der Waals surface area contributed by atoms with Crippen LogP contribution < -0.4 is 10.7 Å². The van der Waals surface area contributed by atoms with Gasteiger partial charge in [-0.25, -0.2) is 8.78 Å². The van der Waals surface area contributed by atoms with Gasteiger partial charge in [0.2, 0.25) is 0 Å². The predicted molar refractivity (Wildman–Crippen MR) is 123 cm³/mol. The lowest BCUT2D eigenvalue weighted by molar-refractivity contribution is 0.0920. The van der Waals surface area contributed by atoms with Crippen LogP contribution in [0.1, 0.15) is 40.0 Å². The smallest absolute Gasteiger partial charge is 0.254 e. The van der Waals surface area contributed by atoms with Gasteiger partial charge in [0.25, 0.3) is 12.3 Å². The van der Waals surface area contributed by atoms with Crippen molar-refractivity contribution in [2.45, 2.75) is 32.6 Å². The number of rotatable bonds is 4. The molecule has 1 aliphatic heterocycles. The number of amides is 1. The molecule has 2 aromatic heterocycles. The van der Waals surface area contributed by atoms with Gasteiger partial charge in [-0.05, 0) is 49.6 Å². The topological polar surface area (TPSA) is 59.0 Å². The van der Waals surface area contributed by atoms with Gasteiger partial charge in [-0.2, -0.15) is 0 Å². The fourth-order valence-electron chi connectivity index (χ4n) is 4.00. The third kappa shape index (κ3) is 3.85. The number of fused-ring (bicyclic) bond motifs is 1. The summed E-state index contributed by atoms with van der Waals surface area (Å²) in [4.78, 5) is 16.7. The molecule has 0 spiro atoms. The zero-order valence-corrected chi connectivity index (χ0v) is 18.6. The first-order valence-electron chi connectivity index (χ1n) is 10.7. The molecule has 0 radical (unpaired) electrons. The highest BCUT2D eigenvalue weighted by Gasteiger charge is 2.50. The van der Waals surface area contributed by atoms with Crippen LogP contribution in [0.2, 0.25) is 5.02 Å². The minimum Gasteiger partial charge on any atom is -0.352 e. The van der Waals surface area contributed by atoms with Crippen molar-refractivity contribution in [3.8, 4) is 23.1 Å². The Morgan fingerprint density at radius 3 is 2.85 bits per heavy atom. The van der Waals surface area contributed by atoms with Crippen molar-refractivity contribution in [1.29, 1.82) is 0 Å². The Morgan fingerprint density at radius 1 is 1.27 bits per heavy atom. The number of nitrogens with zero attached hydrogens (tertiary/aromatic N) is 2. The third-order valence-electron chi connectivity index (χ3n) is 6.24. The molecule has 1 aliphatic carbocycles. The summed E-state index contributed by atoms with van der Waals surface area (Å²) in [6.45, 7) is 2.43. The molecular formula is C25H21ClF2N4O. The van der Waals surface area contributed by atoms with E-state index in [2.05, 4.69) is 27.6 Å². The SMILES string of the molecule is Cc1c(Cl)cccc1Nn1c(-c2ccncc2C#CC2(C(F)F)CC2)cc2c1CCNC2=O. The van der Waals surface area contributed by atoms with E-state index in [4.69, 9.17) is 11.6 Å². The molecule has 5 rings (SSSR count). The second-order valence-corrected chi connectivity index (χ2v) is 8.79. The number of anilines is 1. The first-order chi connectivity index (χ1) is 15.9. The zero-order valence-electron chi connectivity index (χ0n) is 17.9. The Kier molecular flexibility index (Phi) is 5.34. The molecule has 3 heterocycles. The van der Waals surface area contributed by atoms with E-state index in [9.17, 15) is 13.6 Å². The minimum absolute atomic E-state index is 0.155. The molecule has 1 fully saturated rings. The first-order valence-corrected chi connectivity index (χ1v) is 11.1. The second kappa shape index (κ2) is 8.20. The molecule has 33 heavy (non-hydrogen) atoms. The number of halogens is 3. The lowest BCUT2D eigenvalue weighted by Gasteiger charge is -2.21. The van der Waals surface area contributed by atoms with Crippen molar-refractivity contribution >= 4 is 23.2 Å². The van der Waals surface area contributed by atoms with Gasteiger partial charge in [0.05, 0.1) is 33.6 Å². The van der Waals surface area contributed by atoms with Crippen LogP contribution in [0.4, 0.5) is 14.5 Å². The fourth-order valence-corrected chi connectivity index (χ4v) is 4.17. The Hall–Kier alpha value is -3.37. The minimum atomic E-state index is -2.47. The van der Waals surface area contributed by atoms with E-state index in [-0.39, 0.29) is 5.91 Å². The van der Waals surface area contributed by atoms with Gasteiger partial charge in [0.15, 0.2) is 0 Å². The lowest BCUT2D eigenvalue weighted by Crippen LogP contribution is -2.33. The molecule has 1 amide bonds. The van der Waals surface area contributed by atoms with Crippen molar-refractivity contribution in [3.05, 3.63) is 70.1 Å². The summed E-state index contributed by atoms with van der Waals surface area (Å²) in [5.74, 6) is 5.57. The number of alkyl halides is 2. The maximum atomic E-state index is 13.4. The van der Waals surface area contributed by atoms with Crippen LogP contribution in [0, 0.1) is 24.2 Å². The summed E-state index contributed by atoms with van der Waals surface area (Å²) in [5.41, 5.74) is 7.18. The Morgan fingerprint density at radius 2 is 2.09 bits per heavy atom. The normalized spacial score (nSPS) is 16.0. The molecule has 0 saturated heterocycles. The van der Waals surface area contributed by atoms with E-state index in [0.717, 1.165) is 16.9 Å². The van der Waals surface area contributed by atoms with Crippen LogP contribution in [0.3, 0.4) is 0 Å². The van der Waals surface area contributed by atoms with Crippen LogP contribution in [0.25, 0.3) is 11.3 Å². The number of carbonyl (C=O) groups is 1. The molecule has 1 aromatic carbocycles. The van der Waals surface area contributed by atoms with Crippen LogP contribution in [-0.2, 0) is 6.42 Å². The Labute approximate surface area is 195 Å².